The van der Waals surface area contributed by atoms with E-state index in [1.165, 1.54) is 12.1 Å². The van der Waals surface area contributed by atoms with Gasteiger partial charge in [0.1, 0.15) is 11.5 Å². The minimum absolute atomic E-state index is 0.158. The third-order valence-corrected chi connectivity index (χ3v) is 1.99. The topological polar surface area (TPSA) is 44.5 Å². The molecule has 1 rings (SSSR count). The number of hydrogen-bond donors (Lipinski definition) is 1. The van der Waals surface area contributed by atoms with Gasteiger partial charge in [-0.1, -0.05) is 0 Å². The number of hydrogen-bond acceptors (Lipinski definition) is 3. The van der Waals surface area contributed by atoms with Crippen LogP contribution in [0.3, 0.4) is 0 Å². The van der Waals surface area contributed by atoms with Crippen molar-refractivity contribution in [3.63, 3.8) is 0 Å². The number of rotatable bonds is 4. The van der Waals surface area contributed by atoms with Crippen LogP contribution < -0.4 is 15.2 Å². The molecule has 0 unspecified atom stereocenters. The Balaban J connectivity index is 3.17. The molecule has 0 radical (unpaired) electrons. The Kier molecular flexibility index (Phi) is 1.75. The molecule has 0 aliphatic carbocycles. The van der Waals surface area contributed by atoms with E-state index in [-0.39, 0.29) is 18.0 Å². The zero-order valence-corrected chi connectivity index (χ0v) is 7.96. The lowest BCUT2D eigenvalue weighted by Gasteiger charge is -2.12. The third kappa shape index (κ3) is 2.17. The highest BCUT2D eigenvalue weighted by atomic mass is 16.5. The Labute approximate surface area is 93.3 Å². The monoisotopic (exact) mass is 201 g/mol. The largest absolute Gasteiger partial charge is 0.496 e. The summed E-state index contributed by atoms with van der Waals surface area (Å²) in [5.74, 6) is 0.317. The second-order valence-corrected chi connectivity index (χ2v) is 2.97. The Morgan fingerprint density at radius 2 is 2.00 bits per heavy atom. The molecule has 2 N–H and O–H groups in total. The molecular weight excluding hydrogens is 178 g/mol. The quantitative estimate of drug-likeness (QED) is 0.803. The van der Waals surface area contributed by atoms with Gasteiger partial charge in [-0.05, 0) is 43.1 Å². The molecule has 0 bridgehead atoms. The van der Waals surface area contributed by atoms with Crippen LogP contribution in [-0.2, 0) is 6.42 Å². The van der Waals surface area contributed by atoms with E-state index < -0.39 is 14.1 Å². The molecule has 0 spiro atoms. The highest BCUT2D eigenvalue weighted by Gasteiger charge is 2.07. The molecule has 1 aromatic carbocycles. The minimum Gasteiger partial charge on any atom is -0.496 e. The summed E-state index contributed by atoms with van der Waals surface area (Å²) in [6.45, 7) is 1.88. The van der Waals surface area contributed by atoms with Crippen LogP contribution in [0.15, 0.2) is 12.1 Å². The lowest BCUT2D eigenvalue weighted by molar-refractivity contribution is 0.396. The van der Waals surface area contributed by atoms with Crippen molar-refractivity contribution < 1.29 is 17.7 Å². The van der Waals surface area contributed by atoms with E-state index in [0.29, 0.717) is 17.5 Å². The fourth-order valence-electron chi connectivity index (χ4n) is 1.26. The Hall–Kier alpha value is -1.22. The van der Waals surface area contributed by atoms with Gasteiger partial charge in [-0.2, -0.15) is 0 Å². The zero-order chi connectivity index (χ0) is 15.6. The van der Waals surface area contributed by atoms with Crippen molar-refractivity contribution in [1.82, 2.24) is 0 Å². The molecule has 0 atom stereocenters. The van der Waals surface area contributed by atoms with Crippen LogP contribution in [0.2, 0.25) is 0 Å². The van der Waals surface area contributed by atoms with Gasteiger partial charge in [0.2, 0.25) is 0 Å². The molecule has 1 aromatic rings. The fraction of sp³-hybridized carbons (Fsp3) is 0.455. The predicted molar refractivity (Wildman–Crippen MR) is 57.0 cm³/mol. The van der Waals surface area contributed by atoms with E-state index in [9.17, 15) is 0 Å². The third-order valence-electron chi connectivity index (χ3n) is 1.99. The van der Waals surface area contributed by atoms with Gasteiger partial charge in [-0.3, -0.25) is 0 Å². The van der Waals surface area contributed by atoms with E-state index in [1.54, 1.807) is 6.92 Å². The lowest BCUT2D eigenvalue weighted by atomic mass is 10.1. The van der Waals surface area contributed by atoms with Crippen LogP contribution in [0.25, 0.3) is 0 Å². The van der Waals surface area contributed by atoms with Crippen LogP contribution in [0.4, 0.5) is 0 Å². The number of benzene rings is 1. The first kappa shape index (κ1) is 5.03. The SMILES string of the molecule is [2H]C([2H])([2H])Oc1cc(CCN)c(OC([2H])([2H])[2H])cc1C. The summed E-state index contributed by atoms with van der Waals surface area (Å²) in [6.07, 6.45) is 0.350. The molecule has 3 heteroatoms. The van der Waals surface area contributed by atoms with Crippen LogP contribution in [0.5, 0.6) is 11.5 Å². The van der Waals surface area contributed by atoms with E-state index in [1.807, 2.05) is 0 Å². The molecule has 0 aliphatic rings. The molecule has 0 saturated heterocycles. The summed E-state index contributed by atoms with van der Waals surface area (Å²) >= 11 is 0. The summed E-state index contributed by atoms with van der Waals surface area (Å²) in [5, 5.41) is 0. The first-order chi connectivity index (χ1) is 9.02. The summed E-state index contributed by atoms with van der Waals surface area (Å²) in [4.78, 5) is 0. The van der Waals surface area contributed by atoms with Gasteiger partial charge in [0.05, 0.1) is 22.3 Å². The van der Waals surface area contributed by atoms with Crippen molar-refractivity contribution in [3.8, 4) is 11.5 Å². The average molecular weight is 201 g/mol. The van der Waals surface area contributed by atoms with Crippen molar-refractivity contribution >= 4 is 0 Å². The van der Waals surface area contributed by atoms with E-state index in [2.05, 4.69) is 0 Å². The van der Waals surface area contributed by atoms with Gasteiger partial charge in [0, 0.05) is 0 Å². The van der Waals surface area contributed by atoms with Crippen LogP contribution in [-0.4, -0.2) is 20.6 Å². The van der Waals surface area contributed by atoms with Crippen LogP contribution >= 0.6 is 0 Å². The smallest absolute Gasteiger partial charge is 0.122 e. The number of nitrogens with two attached hydrogens (primary N) is 1. The Morgan fingerprint density at radius 1 is 1.29 bits per heavy atom. The average Bonchev–Trinajstić information content (AvgIpc) is 2.20. The Bertz CT molecular complexity index is 469. The molecule has 78 valence electrons. The van der Waals surface area contributed by atoms with Crippen LogP contribution in [0.1, 0.15) is 19.4 Å². The highest BCUT2D eigenvalue weighted by Crippen LogP contribution is 2.28. The van der Waals surface area contributed by atoms with E-state index >= 15 is 0 Å². The van der Waals surface area contributed by atoms with Gasteiger partial charge in [0.25, 0.3) is 0 Å². The number of aryl methyl sites for hydroxylation is 1. The normalized spacial score (nSPS) is 18.1. The number of methoxy groups -OCH3 is 2. The molecule has 0 heterocycles. The minimum atomic E-state index is -2.58. The second-order valence-electron chi connectivity index (χ2n) is 2.97. The molecule has 14 heavy (non-hydrogen) atoms. The van der Waals surface area contributed by atoms with E-state index in [0.717, 1.165) is 0 Å². The van der Waals surface area contributed by atoms with Gasteiger partial charge >= 0.3 is 0 Å². The maximum absolute atomic E-state index is 7.13. The molecular formula is C11H17NO2. The predicted octanol–water partition coefficient (Wildman–Crippen LogP) is 1.51. The van der Waals surface area contributed by atoms with Crippen molar-refractivity contribution in [2.45, 2.75) is 13.3 Å². The number of ether oxygens (including phenoxy) is 2. The molecule has 0 saturated carbocycles. The summed E-state index contributed by atoms with van der Waals surface area (Å²) in [5.41, 5.74) is 6.43. The molecule has 0 aromatic heterocycles. The highest BCUT2D eigenvalue weighted by molar-refractivity contribution is 5.46. The van der Waals surface area contributed by atoms with Gasteiger partial charge in [-0.15, -0.1) is 0 Å². The van der Waals surface area contributed by atoms with Crippen molar-refractivity contribution in [2.75, 3.05) is 20.6 Å². The standard InChI is InChI=1S/C11H17NO2/c1-8-6-11(14-3)9(4-5-12)7-10(8)13-2/h6-7H,4-5,12H2,1-3H3/i2D3,3D3. The van der Waals surface area contributed by atoms with Crippen molar-refractivity contribution in [2.24, 2.45) is 5.73 Å². The Morgan fingerprint density at radius 3 is 2.64 bits per heavy atom. The van der Waals surface area contributed by atoms with Gasteiger partial charge in [-0.25, -0.2) is 0 Å². The molecule has 0 aliphatic heterocycles. The fourth-order valence-corrected chi connectivity index (χ4v) is 1.26. The van der Waals surface area contributed by atoms with Gasteiger partial charge in [0.15, 0.2) is 0 Å². The van der Waals surface area contributed by atoms with Crippen molar-refractivity contribution in [1.29, 1.82) is 0 Å². The maximum Gasteiger partial charge on any atom is 0.122 e. The van der Waals surface area contributed by atoms with E-state index in [4.69, 9.17) is 23.4 Å². The van der Waals surface area contributed by atoms with Crippen molar-refractivity contribution in [3.05, 3.63) is 23.3 Å². The first-order valence-electron chi connectivity index (χ1n) is 7.23. The molecule has 0 amide bonds. The summed E-state index contributed by atoms with van der Waals surface area (Å²) in [7, 11) is -5.15. The summed E-state index contributed by atoms with van der Waals surface area (Å²) in [6, 6.07) is 2.90. The molecule has 0 fully saturated rings. The van der Waals surface area contributed by atoms with Gasteiger partial charge < -0.3 is 15.2 Å². The zero-order valence-electron chi connectivity index (χ0n) is 14.0. The maximum atomic E-state index is 7.13. The van der Waals surface area contributed by atoms with Crippen LogP contribution in [0, 0.1) is 6.92 Å². The second kappa shape index (κ2) is 4.86. The first-order valence-corrected chi connectivity index (χ1v) is 4.23. The summed E-state index contributed by atoms with van der Waals surface area (Å²) < 4.78 is 52.4. The lowest BCUT2D eigenvalue weighted by Crippen LogP contribution is -2.05. The molecule has 3 nitrogen and oxygen atoms in total.